The maximum Gasteiger partial charge on any atom is 0.224 e. The van der Waals surface area contributed by atoms with E-state index < -0.39 is 0 Å². The van der Waals surface area contributed by atoms with Gasteiger partial charge in [0.15, 0.2) is 0 Å². The minimum absolute atomic E-state index is 0.0430. The largest absolute Gasteiger partial charge is 0.497 e. The van der Waals surface area contributed by atoms with Gasteiger partial charge in [0.05, 0.1) is 25.1 Å². The first-order valence-electron chi connectivity index (χ1n) is 9.80. The van der Waals surface area contributed by atoms with Crippen molar-refractivity contribution >= 4 is 21.8 Å². The van der Waals surface area contributed by atoms with E-state index in [1.165, 1.54) is 18.4 Å². The number of halogens is 1. The Labute approximate surface area is 176 Å². The summed E-state index contributed by atoms with van der Waals surface area (Å²) in [6, 6.07) is 13.9. The van der Waals surface area contributed by atoms with Crippen molar-refractivity contribution in [2.24, 2.45) is 0 Å². The number of ether oxygens (including phenoxy) is 2. The van der Waals surface area contributed by atoms with Crippen LogP contribution in [0.15, 0.2) is 46.9 Å². The molecule has 2 aromatic rings. The van der Waals surface area contributed by atoms with Crippen LogP contribution in [0.1, 0.15) is 43.7 Å². The Morgan fingerprint density at radius 2 is 1.89 bits per heavy atom. The zero-order valence-electron chi connectivity index (χ0n) is 17.0. The molecule has 1 N–H and O–H groups in total. The van der Waals surface area contributed by atoms with Crippen LogP contribution in [0.25, 0.3) is 0 Å². The zero-order valence-corrected chi connectivity index (χ0v) is 18.6. The third-order valence-corrected chi connectivity index (χ3v) is 5.34. The first kappa shape index (κ1) is 22.3. The number of nitrogens with one attached hydrogen (secondary N) is 1. The molecule has 4 nitrogen and oxygen atoms in total. The Bertz CT molecular complexity index is 763. The Balaban J connectivity index is 2.01. The highest BCUT2D eigenvalue weighted by atomic mass is 79.9. The SMILES string of the molecule is CCCCCC(Cc1cccc(OC)c1)NC(=O)Cc1ccc(OC)c(Br)c1. The van der Waals surface area contributed by atoms with E-state index in [0.29, 0.717) is 6.42 Å². The van der Waals surface area contributed by atoms with Gasteiger partial charge in [-0.1, -0.05) is 44.4 Å². The summed E-state index contributed by atoms with van der Waals surface area (Å²) in [6.07, 6.45) is 5.59. The predicted octanol–water partition coefficient (Wildman–Crippen LogP) is 5.32. The zero-order chi connectivity index (χ0) is 20.4. The minimum atomic E-state index is 0.0430. The molecule has 0 aliphatic heterocycles. The van der Waals surface area contributed by atoms with Crippen molar-refractivity contribution in [2.75, 3.05) is 14.2 Å². The van der Waals surface area contributed by atoms with Crippen LogP contribution in [0.3, 0.4) is 0 Å². The number of carbonyl (C=O) groups excluding carboxylic acids is 1. The second kappa shape index (κ2) is 11.7. The highest BCUT2D eigenvalue weighted by Crippen LogP contribution is 2.25. The quantitative estimate of drug-likeness (QED) is 0.474. The standard InChI is InChI=1S/C23H30BrNO3/c1-4-5-6-9-19(13-17-8-7-10-20(14-17)27-2)25-23(26)16-18-11-12-22(28-3)21(24)15-18/h7-8,10-12,14-15,19H,4-6,9,13,16H2,1-3H3,(H,25,26). The maximum absolute atomic E-state index is 12.7. The second-order valence-electron chi connectivity index (χ2n) is 6.96. The van der Waals surface area contributed by atoms with E-state index in [9.17, 15) is 4.79 Å². The third-order valence-electron chi connectivity index (χ3n) is 4.72. The number of benzene rings is 2. The molecule has 0 spiro atoms. The van der Waals surface area contributed by atoms with Crippen molar-refractivity contribution in [2.45, 2.75) is 51.5 Å². The highest BCUT2D eigenvalue weighted by Gasteiger charge is 2.14. The lowest BCUT2D eigenvalue weighted by molar-refractivity contribution is -0.121. The van der Waals surface area contributed by atoms with Crippen LogP contribution in [0.4, 0.5) is 0 Å². The first-order chi connectivity index (χ1) is 13.5. The van der Waals surface area contributed by atoms with Crippen molar-refractivity contribution in [1.82, 2.24) is 5.32 Å². The van der Waals surface area contributed by atoms with E-state index in [1.807, 2.05) is 36.4 Å². The van der Waals surface area contributed by atoms with Crippen molar-refractivity contribution in [3.05, 3.63) is 58.1 Å². The average Bonchev–Trinajstić information content (AvgIpc) is 2.68. The molecule has 152 valence electrons. The molecule has 1 atom stereocenters. The Morgan fingerprint density at radius 3 is 2.57 bits per heavy atom. The summed E-state index contributed by atoms with van der Waals surface area (Å²) in [5.74, 6) is 1.65. The molecule has 0 fully saturated rings. The van der Waals surface area contributed by atoms with Crippen LogP contribution in [-0.4, -0.2) is 26.2 Å². The summed E-state index contributed by atoms with van der Waals surface area (Å²) in [6.45, 7) is 2.19. The van der Waals surface area contributed by atoms with Gasteiger partial charge in [-0.15, -0.1) is 0 Å². The highest BCUT2D eigenvalue weighted by molar-refractivity contribution is 9.10. The van der Waals surface area contributed by atoms with E-state index in [2.05, 4.69) is 34.2 Å². The second-order valence-corrected chi connectivity index (χ2v) is 7.82. The van der Waals surface area contributed by atoms with Crippen LogP contribution in [0.2, 0.25) is 0 Å². The molecule has 0 saturated heterocycles. The fourth-order valence-electron chi connectivity index (χ4n) is 3.23. The topological polar surface area (TPSA) is 47.6 Å². The fraction of sp³-hybridized carbons (Fsp3) is 0.435. The van der Waals surface area contributed by atoms with Crippen molar-refractivity contribution in [3.63, 3.8) is 0 Å². The maximum atomic E-state index is 12.7. The Morgan fingerprint density at radius 1 is 1.07 bits per heavy atom. The number of amides is 1. The van der Waals surface area contributed by atoms with Gasteiger partial charge < -0.3 is 14.8 Å². The van der Waals surface area contributed by atoms with Crippen LogP contribution < -0.4 is 14.8 Å². The van der Waals surface area contributed by atoms with E-state index in [4.69, 9.17) is 9.47 Å². The van der Waals surface area contributed by atoms with Gasteiger partial charge in [0.2, 0.25) is 5.91 Å². The molecule has 0 aliphatic carbocycles. The normalized spacial score (nSPS) is 11.7. The van der Waals surface area contributed by atoms with Gasteiger partial charge in [-0.2, -0.15) is 0 Å². The molecule has 0 bridgehead atoms. The molecular formula is C23H30BrNO3. The van der Waals surface area contributed by atoms with Crippen molar-refractivity contribution < 1.29 is 14.3 Å². The Hall–Kier alpha value is -2.01. The van der Waals surface area contributed by atoms with Gasteiger partial charge in [0.1, 0.15) is 11.5 Å². The number of rotatable bonds is 11. The molecular weight excluding hydrogens is 418 g/mol. The summed E-state index contributed by atoms with van der Waals surface area (Å²) >= 11 is 3.48. The van der Waals surface area contributed by atoms with Gasteiger partial charge in [0, 0.05) is 6.04 Å². The fourth-order valence-corrected chi connectivity index (χ4v) is 3.82. The number of methoxy groups -OCH3 is 2. The minimum Gasteiger partial charge on any atom is -0.497 e. The third kappa shape index (κ3) is 7.19. The number of hydrogen-bond acceptors (Lipinski definition) is 3. The van der Waals surface area contributed by atoms with E-state index in [1.54, 1.807) is 14.2 Å². The van der Waals surface area contributed by atoms with Crippen LogP contribution in [-0.2, 0) is 17.6 Å². The summed E-state index contributed by atoms with van der Waals surface area (Å²) in [4.78, 5) is 12.7. The lowest BCUT2D eigenvalue weighted by Gasteiger charge is -2.19. The molecule has 1 amide bonds. The molecule has 0 aliphatic rings. The molecule has 2 aromatic carbocycles. The molecule has 2 rings (SSSR count). The lowest BCUT2D eigenvalue weighted by Crippen LogP contribution is -2.37. The molecule has 0 heterocycles. The smallest absolute Gasteiger partial charge is 0.224 e. The van der Waals surface area contributed by atoms with Crippen LogP contribution in [0.5, 0.6) is 11.5 Å². The molecule has 0 radical (unpaired) electrons. The first-order valence-corrected chi connectivity index (χ1v) is 10.6. The molecule has 0 aromatic heterocycles. The van der Waals surface area contributed by atoms with E-state index in [0.717, 1.165) is 40.8 Å². The van der Waals surface area contributed by atoms with Gasteiger partial charge in [-0.3, -0.25) is 4.79 Å². The summed E-state index contributed by atoms with van der Waals surface area (Å²) in [5, 5.41) is 3.23. The van der Waals surface area contributed by atoms with Gasteiger partial charge in [-0.25, -0.2) is 0 Å². The lowest BCUT2D eigenvalue weighted by atomic mass is 9.99. The molecule has 28 heavy (non-hydrogen) atoms. The van der Waals surface area contributed by atoms with Gasteiger partial charge in [-0.05, 0) is 64.2 Å². The summed E-state index contributed by atoms with van der Waals surface area (Å²) in [7, 11) is 3.30. The van der Waals surface area contributed by atoms with Gasteiger partial charge >= 0.3 is 0 Å². The van der Waals surface area contributed by atoms with Crippen LogP contribution >= 0.6 is 15.9 Å². The number of carbonyl (C=O) groups is 1. The Kier molecular flexibility index (Phi) is 9.35. The van der Waals surface area contributed by atoms with Crippen molar-refractivity contribution in [3.8, 4) is 11.5 Å². The van der Waals surface area contributed by atoms with Gasteiger partial charge in [0.25, 0.3) is 0 Å². The average molecular weight is 448 g/mol. The number of hydrogen-bond donors (Lipinski definition) is 1. The number of unbranched alkanes of at least 4 members (excludes halogenated alkanes) is 2. The van der Waals surface area contributed by atoms with Crippen molar-refractivity contribution in [1.29, 1.82) is 0 Å². The van der Waals surface area contributed by atoms with E-state index >= 15 is 0 Å². The monoisotopic (exact) mass is 447 g/mol. The molecule has 5 heteroatoms. The predicted molar refractivity (Wildman–Crippen MR) is 117 cm³/mol. The summed E-state index contributed by atoms with van der Waals surface area (Å²) in [5.41, 5.74) is 2.13. The summed E-state index contributed by atoms with van der Waals surface area (Å²) < 4.78 is 11.4. The van der Waals surface area contributed by atoms with E-state index in [-0.39, 0.29) is 11.9 Å². The molecule has 1 unspecified atom stereocenters. The molecule has 0 saturated carbocycles. The van der Waals surface area contributed by atoms with Crippen LogP contribution in [0, 0.1) is 0 Å².